The topological polar surface area (TPSA) is 58.0 Å². The van der Waals surface area contributed by atoms with Gasteiger partial charge in [0.15, 0.2) is 0 Å². The number of nitrogens with zero attached hydrogens (tertiary/aromatic N) is 2. The first-order chi connectivity index (χ1) is 6.40. The highest BCUT2D eigenvalue weighted by Crippen LogP contribution is 2.28. The van der Waals surface area contributed by atoms with Gasteiger partial charge in [-0.25, -0.2) is 4.98 Å². The number of rotatable bonds is 3. The van der Waals surface area contributed by atoms with Crippen LogP contribution in [0, 0.1) is 5.92 Å². The molecule has 1 aromatic heterocycles. The predicted molar refractivity (Wildman–Crippen MR) is 51.7 cm³/mol. The van der Waals surface area contributed by atoms with E-state index in [1.54, 1.807) is 6.33 Å². The molecule has 13 heavy (non-hydrogen) atoms. The molecule has 0 bridgehead atoms. The molecule has 2 atom stereocenters. The standard InChI is InChI=1S/C8H13N3OS/c12-4-6-2-1-3-7(6)11-8-9-5-10-13-8/h5-7,12H,1-4H2,(H,9,10,11)/t6-,7-/m0/s1. The van der Waals surface area contributed by atoms with Crippen molar-refractivity contribution in [3.8, 4) is 0 Å². The van der Waals surface area contributed by atoms with Gasteiger partial charge in [-0.15, -0.1) is 0 Å². The number of anilines is 1. The maximum Gasteiger partial charge on any atom is 0.202 e. The van der Waals surface area contributed by atoms with Crippen molar-refractivity contribution in [2.75, 3.05) is 11.9 Å². The van der Waals surface area contributed by atoms with Gasteiger partial charge in [0, 0.05) is 30.1 Å². The lowest BCUT2D eigenvalue weighted by Crippen LogP contribution is -2.26. The second kappa shape index (κ2) is 4.02. The fraction of sp³-hybridized carbons (Fsp3) is 0.750. The van der Waals surface area contributed by atoms with Crippen LogP contribution in [0.15, 0.2) is 6.33 Å². The molecule has 2 rings (SSSR count). The van der Waals surface area contributed by atoms with E-state index in [4.69, 9.17) is 5.11 Å². The van der Waals surface area contributed by atoms with Gasteiger partial charge in [0.25, 0.3) is 0 Å². The van der Waals surface area contributed by atoms with Crippen molar-refractivity contribution < 1.29 is 5.11 Å². The van der Waals surface area contributed by atoms with Crippen LogP contribution in [0.25, 0.3) is 0 Å². The number of nitrogens with one attached hydrogen (secondary N) is 1. The van der Waals surface area contributed by atoms with Crippen LogP contribution in [0.1, 0.15) is 19.3 Å². The molecule has 72 valence electrons. The average molecular weight is 199 g/mol. The Morgan fingerprint density at radius 2 is 2.54 bits per heavy atom. The Morgan fingerprint density at radius 3 is 3.23 bits per heavy atom. The van der Waals surface area contributed by atoms with Crippen molar-refractivity contribution in [1.82, 2.24) is 9.36 Å². The van der Waals surface area contributed by atoms with Gasteiger partial charge >= 0.3 is 0 Å². The summed E-state index contributed by atoms with van der Waals surface area (Å²) in [6, 6.07) is 0.387. The normalized spacial score (nSPS) is 27.8. The molecule has 0 aliphatic heterocycles. The lowest BCUT2D eigenvalue weighted by Gasteiger charge is -2.17. The molecule has 0 unspecified atom stereocenters. The highest BCUT2D eigenvalue weighted by atomic mass is 32.1. The fourth-order valence-electron chi connectivity index (χ4n) is 1.84. The number of aromatic nitrogens is 2. The molecule has 4 nitrogen and oxygen atoms in total. The first kappa shape index (κ1) is 8.90. The highest BCUT2D eigenvalue weighted by molar-refractivity contribution is 7.09. The predicted octanol–water partition coefficient (Wildman–Crippen LogP) is 1.11. The van der Waals surface area contributed by atoms with Crippen LogP contribution in [-0.4, -0.2) is 27.1 Å². The first-order valence-corrected chi connectivity index (χ1v) is 5.31. The Labute approximate surface area is 81.2 Å². The lowest BCUT2D eigenvalue weighted by atomic mass is 10.1. The zero-order valence-corrected chi connectivity index (χ0v) is 8.13. The molecule has 1 fully saturated rings. The van der Waals surface area contributed by atoms with Gasteiger partial charge in [0.05, 0.1) is 0 Å². The van der Waals surface area contributed by atoms with Crippen molar-refractivity contribution in [1.29, 1.82) is 0 Å². The van der Waals surface area contributed by atoms with E-state index < -0.39 is 0 Å². The van der Waals surface area contributed by atoms with Crippen molar-refractivity contribution in [2.45, 2.75) is 25.3 Å². The zero-order chi connectivity index (χ0) is 9.10. The molecule has 1 aromatic rings. The monoisotopic (exact) mass is 199 g/mol. The quantitative estimate of drug-likeness (QED) is 0.765. The summed E-state index contributed by atoms with van der Waals surface area (Å²) in [5.74, 6) is 0.392. The number of hydrogen-bond donors (Lipinski definition) is 2. The Morgan fingerprint density at radius 1 is 1.62 bits per heavy atom. The van der Waals surface area contributed by atoms with Gasteiger partial charge < -0.3 is 10.4 Å². The molecular weight excluding hydrogens is 186 g/mol. The molecule has 0 spiro atoms. The van der Waals surface area contributed by atoms with Gasteiger partial charge in [-0.05, 0) is 12.8 Å². The lowest BCUT2D eigenvalue weighted by molar-refractivity contribution is 0.222. The van der Waals surface area contributed by atoms with Crippen molar-refractivity contribution >= 4 is 16.7 Å². The number of aliphatic hydroxyl groups is 1. The molecular formula is C8H13N3OS. The van der Waals surface area contributed by atoms with Crippen LogP contribution in [-0.2, 0) is 0 Å². The smallest absolute Gasteiger partial charge is 0.202 e. The van der Waals surface area contributed by atoms with E-state index in [0.29, 0.717) is 12.0 Å². The number of hydrogen-bond acceptors (Lipinski definition) is 5. The summed E-state index contributed by atoms with van der Waals surface area (Å²) in [7, 11) is 0. The van der Waals surface area contributed by atoms with Crippen molar-refractivity contribution in [2.24, 2.45) is 5.92 Å². The first-order valence-electron chi connectivity index (χ1n) is 4.54. The molecule has 1 heterocycles. The van der Waals surface area contributed by atoms with E-state index in [-0.39, 0.29) is 6.61 Å². The van der Waals surface area contributed by atoms with Gasteiger partial charge in [-0.3, -0.25) is 0 Å². The van der Waals surface area contributed by atoms with Crippen LogP contribution in [0.4, 0.5) is 5.13 Å². The van der Waals surface area contributed by atoms with Crippen LogP contribution in [0.5, 0.6) is 0 Å². The van der Waals surface area contributed by atoms with Crippen LogP contribution >= 0.6 is 11.5 Å². The summed E-state index contributed by atoms with van der Waals surface area (Å²) < 4.78 is 3.92. The number of aliphatic hydroxyl groups excluding tert-OH is 1. The minimum atomic E-state index is 0.274. The Hall–Kier alpha value is -0.680. The van der Waals surface area contributed by atoms with E-state index >= 15 is 0 Å². The average Bonchev–Trinajstić information content (AvgIpc) is 2.76. The Bertz CT molecular complexity index is 252. The zero-order valence-electron chi connectivity index (χ0n) is 7.31. The maximum absolute atomic E-state index is 9.09. The van der Waals surface area contributed by atoms with Crippen LogP contribution in [0.2, 0.25) is 0 Å². The fourth-order valence-corrected chi connectivity index (χ4v) is 2.33. The second-order valence-electron chi connectivity index (χ2n) is 3.37. The third-order valence-electron chi connectivity index (χ3n) is 2.56. The maximum atomic E-state index is 9.09. The third kappa shape index (κ3) is 1.97. The SMILES string of the molecule is OC[C@@H]1CCC[C@@H]1Nc1ncns1. The van der Waals surface area contributed by atoms with Gasteiger partial charge in [-0.2, -0.15) is 4.37 Å². The summed E-state index contributed by atoms with van der Waals surface area (Å²) >= 11 is 1.37. The van der Waals surface area contributed by atoms with E-state index in [9.17, 15) is 0 Å². The summed E-state index contributed by atoms with van der Waals surface area (Å²) in [4.78, 5) is 4.06. The highest BCUT2D eigenvalue weighted by Gasteiger charge is 2.26. The largest absolute Gasteiger partial charge is 0.396 e. The molecule has 1 aliphatic carbocycles. The molecule has 0 saturated heterocycles. The molecule has 0 radical (unpaired) electrons. The summed E-state index contributed by atoms with van der Waals surface area (Å²) in [6.45, 7) is 0.274. The van der Waals surface area contributed by atoms with Gasteiger partial charge in [0.2, 0.25) is 5.13 Å². The third-order valence-corrected chi connectivity index (χ3v) is 3.16. The Balaban J connectivity index is 1.94. The van der Waals surface area contributed by atoms with E-state index in [1.807, 2.05) is 0 Å². The Kier molecular flexibility index (Phi) is 2.75. The van der Waals surface area contributed by atoms with Gasteiger partial charge in [-0.1, -0.05) is 6.42 Å². The van der Waals surface area contributed by atoms with Crippen LogP contribution in [0.3, 0.4) is 0 Å². The van der Waals surface area contributed by atoms with E-state index in [1.165, 1.54) is 18.0 Å². The minimum Gasteiger partial charge on any atom is -0.396 e. The molecule has 2 N–H and O–H groups in total. The van der Waals surface area contributed by atoms with Crippen molar-refractivity contribution in [3.63, 3.8) is 0 Å². The van der Waals surface area contributed by atoms with E-state index in [0.717, 1.165) is 18.0 Å². The second-order valence-corrected chi connectivity index (χ2v) is 4.15. The summed E-state index contributed by atoms with van der Waals surface area (Å²) in [6.07, 6.45) is 5.00. The molecule has 0 aromatic carbocycles. The van der Waals surface area contributed by atoms with Crippen molar-refractivity contribution in [3.05, 3.63) is 6.33 Å². The summed E-state index contributed by atoms with van der Waals surface area (Å²) in [5, 5.41) is 13.3. The minimum absolute atomic E-state index is 0.274. The van der Waals surface area contributed by atoms with Gasteiger partial charge in [0.1, 0.15) is 6.33 Å². The molecule has 1 aliphatic rings. The summed E-state index contributed by atoms with van der Waals surface area (Å²) in [5.41, 5.74) is 0. The molecule has 5 heteroatoms. The van der Waals surface area contributed by atoms with E-state index in [2.05, 4.69) is 14.7 Å². The molecule has 0 amide bonds. The molecule has 1 saturated carbocycles. The van der Waals surface area contributed by atoms with Crippen LogP contribution < -0.4 is 5.32 Å².